The fourth-order valence-electron chi connectivity index (χ4n) is 7.28. The van der Waals surface area contributed by atoms with Gasteiger partial charge in [0, 0.05) is 176 Å². The lowest BCUT2D eigenvalue weighted by molar-refractivity contribution is -0.118. The standard InChI is InChI=1S/C43H97FO23Si5/c1-45-68(46-2,47-3)28-16-23-60-34-41(64-25-18-30-70(51-7,52-8)53-9)36-62-33-40(21-22-44)67-39-43(66-27-20-32-72(57-13,58-14)59-15)38-63-37-42(65-26-19-31-71(54-10,55-11)56-12)35-61-24-17-29-69(48-4,49-5)50-6/h40-43H,16-39H2,1-15H3. The summed E-state index contributed by atoms with van der Waals surface area (Å²) >= 11 is 0. The molecule has 0 aromatic heterocycles. The van der Waals surface area contributed by atoms with Crippen molar-refractivity contribution >= 4 is 44.0 Å². The van der Waals surface area contributed by atoms with Gasteiger partial charge in [-0.25, -0.2) is 0 Å². The van der Waals surface area contributed by atoms with E-state index in [-0.39, 0.29) is 52.7 Å². The van der Waals surface area contributed by atoms with E-state index in [2.05, 4.69) is 0 Å². The molecular formula is C43H97FO23Si5. The maximum atomic E-state index is 14.0. The van der Waals surface area contributed by atoms with Gasteiger partial charge in [0.15, 0.2) is 0 Å². The fraction of sp³-hybridized carbons (Fsp3) is 1.00. The Hall–Kier alpha value is 0.0944. The number of halogens is 1. The summed E-state index contributed by atoms with van der Waals surface area (Å²) < 4.78 is 147. The summed E-state index contributed by atoms with van der Waals surface area (Å²) in [6.45, 7) is 2.44. The van der Waals surface area contributed by atoms with Crippen LogP contribution in [0.3, 0.4) is 0 Å². The molecule has 0 rings (SSSR count). The molecule has 434 valence electrons. The van der Waals surface area contributed by atoms with Crippen LogP contribution in [0.4, 0.5) is 4.39 Å². The Balaban J connectivity index is 5.96. The zero-order chi connectivity index (χ0) is 54.0. The topological polar surface area (TPSA) is 212 Å². The minimum absolute atomic E-state index is 0.0851. The molecule has 0 heterocycles. The van der Waals surface area contributed by atoms with Crippen molar-refractivity contribution in [1.29, 1.82) is 0 Å². The zero-order valence-electron chi connectivity index (χ0n) is 46.5. The maximum absolute atomic E-state index is 14.0. The van der Waals surface area contributed by atoms with Gasteiger partial charge in [-0.15, -0.1) is 0 Å². The van der Waals surface area contributed by atoms with Crippen LogP contribution in [0.5, 0.6) is 0 Å². The van der Waals surface area contributed by atoms with Gasteiger partial charge in [-0.1, -0.05) is 0 Å². The number of alkyl halides is 1. The Kier molecular flexibility index (Phi) is 44.1. The molecule has 0 saturated heterocycles. The first kappa shape index (κ1) is 72.1. The van der Waals surface area contributed by atoms with Gasteiger partial charge < -0.3 is 104 Å². The SMILES string of the molecule is CO[Si](CCCOCC(COCC(CCF)OCC(COCC(COCCC[Si](OC)(OC)OC)OCCC[Si](OC)(OC)OC)OCCC[Si](OC)(OC)OC)OCCC[Si](OC)(OC)OC)(OC)OC. The summed E-state index contributed by atoms with van der Waals surface area (Å²) in [5.41, 5.74) is 0. The largest absolute Gasteiger partial charge is 0.500 e. The van der Waals surface area contributed by atoms with E-state index in [9.17, 15) is 4.39 Å². The number of ether oxygens (including phenoxy) is 8. The Labute approximate surface area is 437 Å². The van der Waals surface area contributed by atoms with Crippen molar-refractivity contribution < 1.29 is 109 Å². The van der Waals surface area contributed by atoms with Gasteiger partial charge in [0.2, 0.25) is 0 Å². The van der Waals surface area contributed by atoms with Crippen molar-refractivity contribution in [3.05, 3.63) is 0 Å². The molecule has 0 aromatic carbocycles. The van der Waals surface area contributed by atoms with Crippen LogP contribution in [0.25, 0.3) is 0 Å². The molecule has 0 spiro atoms. The molecule has 72 heavy (non-hydrogen) atoms. The average Bonchev–Trinajstić information content (AvgIpc) is 3.42. The molecule has 0 fully saturated rings. The van der Waals surface area contributed by atoms with E-state index in [0.29, 0.717) is 95.4 Å². The smallest absolute Gasteiger partial charge is 0.379 e. The summed E-state index contributed by atoms with van der Waals surface area (Å²) in [5, 5.41) is 0. The van der Waals surface area contributed by atoms with E-state index in [4.69, 9.17) is 104 Å². The maximum Gasteiger partial charge on any atom is 0.500 e. The summed E-state index contributed by atoms with van der Waals surface area (Å²) in [6.07, 6.45) is 1.17. The fourth-order valence-corrected chi connectivity index (χ4v) is 15.7. The van der Waals surface area contributed by atoms with Gasteiger partial charge in [0.1, 0.15) is 18.3 Å². The van der Waals surface area contributed by atoms with E-state index in [1.165, 1.54) is 0 Å². The number of hydrogen-bond acceptors (Lipinski definition) is 23. The molecule has 4 unspecified atom stereocenters. The van der Waals surface area contributed by atoms with Crippen LogP contribution in [0, 0.1) is 0 Å². The summed E-state index contributed by atoms with van der Waals surface area (Å²) in [4.78, 5) is 0. The Morgan fingerprint density at radius 3 is 0.736 bits per heavy atom. The highest BCUT2D eigenvalue weighted by atomic mass is 28.4. The molecule has 29 heteroatoms. The molecule has 0 N–H and O–H groups in total. The van der Waals surface area contributed by atoms with Crippen LogP contribution in [-0.2, 0) is 104 Å². The normalized spacial score (nSPS) is 14.8. The third kappa shape index (κ3) is 29.2. The van der Waals surface area contributed by atoms with Crippen molar-refractivity contribution in [3.63, 3.8) is 0 Å². The minimum atomic E-state index is -2.84. The molecule has 0 aliphatic carbocycles. The minimum Gasteiger partial charge on any atom is -0.379 e. The highest BCUT2D eigenvalue weighted by Gasteiger charge is 2.40. The molecule has 0 saturated carbocycles. The van der Waals surface area contributed by atoms with E-state index in [1.54, 1.807) is 107 Å². The van der Waals surface area contributed by atoms with Crippen molar-refractivity contribution in [3.8, 4) is 0 Å². The number of rotatable bonds is 55. The summed E-state index contributed by atoms with van der Waals surface area (Å²) in [5.74, 6) is 0. The molecule has 0 aliphatic heterocycles. The third-order valence-corrected chi connectivity index (χ3v) is 26.1. The van der Waals surface area contributed by atoms with Crippen LogP contribution in [0.1, 0.15) is 38.5 Å². The zero-order valence-corrected chi connectivity index (χ0v) is 51.5. The lowest BCUT2D eigenvalue weighted by atomic mass is 10.3. The summed E-state index contributed by atoms with van der Waals surface area (Å²) in [7, 11) is 9.72. The Bertz CT molecular complexity index is 1180. The first-order valence-electron chi connectivity index (χ1n) is 24.4. The first-order chi connectivity index (χ1) is 34.8. The highest BCUT2D eigenvalue weighted by molar-refractivity contribution is 6.62. The van der Waals surface area contributed by atoms with Crippen molar-refractivity contribution in [1.82, 2.24) is 0 Å². The molecule has 0 aliphatic rings. The molecule has 23 nitrogen and oxygen atoms in total. The van der Waals surface area contributed by atoms with Crippen LogP contribution in [0.15, 0.2) is 0 Å². The Morgan fingerprint density at radius 1 is 0.264 bits per heavy atom. The predicted octanol–water partition coefficient (Wildman–Crippen LogP) is 4.29. The van der Waals surface area contributed by atoms with Crippen molar-refractivity contribution in [2.45, 2.75) is 93.2 Å². The monoisotopic (exact) mass is 1140 g/mol. The van der Waals surface area contributed by atoms with E-state index < -0.39 is 75.1 Å². The first-order valence-corrected chi connectivity index (χ1v) is 34.1. The van der Waals surface area contributed by atoms with Crippen LogP contribution < -0.4 is 0 Å². The second-order valence-corrected chi connectivity index (χ2v) is 31.6. The highest BCUT2D eigenvalue weighted by Crippen LogP contribution is 2.20. The van der Waals surface area contributed by atoms with Crippen LogP contribution in [0.2, 0.25) is 30.2 Å². The van der Waals surface area contributed by atoms with Gasteiger partial charge in [0.05, 0.1) is 59.0 Å². The lowest BCUT2D eigenvalue weighted by Gasteiger charge is -2.27. The predicted molar refractivity (Wildman–Crippen MR) is 274 cm³/mol. The van der Waals surface area contributed by atoms with Crippen LogP contribution >= 0.6 is 0 Å². The van der Waals surface area contributed by atoms with Gasteiger partial charge in [-0.3, -0.25) is 4.39 Å². The van der Waals surface area contributed by atoms with Gasteiger partial charge in [-0.05, 0) is 32.1 Å². The van der Waals surface area contributed by atoms with E-state index in [0.717, 1.165) is 0 Å². The van der Waals surface area contributed by atoms with Crippen LogP contribution in [-0.4, -0.2) is 261 Å². The average molecular weight is 1140 g/mol. The quantitative estimate of drug-likeness (QED) is 0.0614. The molecule has 0 aromatic rings. The molecule has 0 radical (unpaired) electrons. The summed E-state index contributed by atoms with van der Waals surface area (Å²) in [6, 6.07) is 2.80. The van der Waals surface area contributed by atoms with Crippen molar-refractivity contribution in [2.24, 2.45) is 0 Å². The third-order valence-electron chi connectivity index (χ3n) is 11.9. The van der Waals surface area contributed by atoms with Gasteiger partial charge >= 0.3 is 44.0 Å². The van der Waals surface area contributed by atoms with Crippen molar-refractivity contribution in [2.75, 3.05) is 193 Å². The second-order valence-electron chi connectivity index (χ2n) is 16.1. The second kappa shape index (κ2) is 44.0. The molecule has 4 atom stereocenters. The van der Waals surface area contributed by atoms with E-state index >= 15 is 0 Å². The molecule has 0 amide bonds. The molecule has 0 bridgehead atoms. The van der Waals surface area contributed by atoms with Gasteiger partial charge in [0.25, 0.3) is 0 Å². The lowest BCUT2D eigenvalue weighted by Crippen LogP contribution is -2.43. The Morgan fingerprint density at radius 2 is 0.486 bits per heavy atom. The number of hydrogen-bond donors (Lipinski definition) is 0. The molecular weight excluding hydrogens is 1040 g/mol. The van der Waals surface area contributed by atoms with Gasteiger partial charge in [-0.2, -0.15) is 0 Å². The van der Waals surface area contributed by atoms with E-state index in [1.807, 2.05) is 0 Å².